The monoisotopic (exact) mass is 631 g/mol. The number of rotatable bonds is 6. The molecule has 39 heavy (non-hydrogen) atoms. The molecule has 0 heterocycles. The summed E-state index contributed by atoms with van der Waals surface area (Å²) in [6, 6.07) is 6.35. The van der Waals surface area contributed by atoms with Crippen LogP contribution in [0.15, 0.2) is 57.2 Å². The molecule has 0 aromatic heterocycles. The molecular weight excluding hydrogens is 611 g/mol. The first-order valence-electron chi connectivity index (χ1n) is 9.41. The van der Waals surface area contributed by atoms with Gasteiger partial charge in [-0.1, -0.05) is 6.07 Å². The zero-order valence-electron chi connectivity index (χ0n) is 18.0. The number of nitrogen functional groups attached to an aromatic ring is 1. The molecule has 3 aromatic rings. The Morgan fingerprint density at radius 3 is 1.77 bits per heavy atom. The van der Waals surface area contributed by atoms with Crippen molar-refractivity contribution in [1.29, 1.82) is 0 Å². The maximum atomic E-state index is 13.1. The molecule has 0 atom stereocenters. The Hall–Kier alpha value is -0.610. The SMILES string of the molecule is CC(=O)Nc1ccc2c(S(=O)(=O)O)cc(S(=O)(=O)O)cc2c1NC(=O)c1ccc(N)cc1S(=O)(=O)O.[NaH].[NaH].[NaH]. The zero-order valence-corrected chi connectivity index (χ0v) is 20.4. The van der Waals surface area contributed by atoms with Crippen LogP contribution in [0.1, 0.15) is 17.3 Å². The van der Waals surface area contributed by atoms with Crippen molar-refractivity contribution in [3.8, 4) is 0 Å². The van der Waals surface area contributed by atoms with Gasteiger partial charge in [0.1, 0.15) is 9.79 Å². The molecule has 0 fully saturated rings. The summed E-state index contributed by atoms with van der Waals surface area (Å²) in [5.74, 6) is -1.87. The van der Waals surface area contributed by atoms with E-state index in [0.717, 1.165) is 43.3 Å². The van der Waals surface area contributed by atoms with Crippen molar-refractivity contribution in [1.82, 2.24) is 0 Å². The average Bonchev–Trinajstić information content (AvgIpc) is 2.72. The number of nitrogens with two attached hydrogens (primary N) is 1. The molecule has 0 spiro atoms. The fraction of sp³-hybridized carbons (Fsp3) is 0.0526. The summed E-state index contributed by atoms with van der Waals surface area (Å²) in [7, 11) is -15.1. The molecule has 0 aliphatic rings. The van der Waals surface area contributed by atoms with Crippen LogP contribution < -0.4 is 16.4 Å². The number of carbonyl (C=O) groups is 2. The van der Waals surface area contributed by atoms with E-state index >= 15 is 0 Å². The molecule has 14 nitrogen and oxygen atoms in total. The van der Waals surface area contributed by atoms with Crippen molar-refractivity contribution < 1.29 is 48.5 Å². The zero-order chi connectivity index (χ0) is 27.2. The van der Waals surface area contributed by atoms with Gasteiger partial charge in [0.25, 0.3) is 36.3 Å². The molecule has 0 saturated carbocycles. The predicted octanol–water partition coefficient (Wildman–Crippen LogP) is -0.573. The molecule has 20 heteroatoms. The normalized spacial score (nSPS) is 11.4. The van der Waals surface area contributed by atoms with Crippen molar-refractivity contribution in [2.75, 3.05) is 16.4 Å². The Labute approximate surface area is 289 Å². The Kier molecular flexibility index (Phi) is 13.8. The Morgan fingerprint density at radius 2 is 1.28 bits per heavy atom. The molecule has 3 aromatic carbocycles. The molecule has 0 bridgehead atoms. The second-order valence-electron chi connectivity index (χ2n) is 7.32. The van der Waals surface area contributed by atoms with Gasteiger partial charge in [0.15, 0.2) is 0 Å². The van der Waals surface area contributed by atoms with Crippen molar-refractivity contribution in [3.63, 3.8) is 0 Å². The van der Waals surface area contributed by atoms with E-state index < -0.39 is 68.1 Å². The van der Waals surface area contributed by atoms with Crippen LogP contribution in [0.3, 0.4) is 0 Å². The third-order valence-corrected chi connectivity index (χ3v) is 7.34. The fourth-order valence-corrected chi connectivity index (χ4v) is 5.35. The number of benzene rings is 3. The number of carbonyl (C=O) groups excluding carboxylic acids is 2. The first-order valence-corrected chi connectivity index (χ1v) is 13.7. The topological polar surface area (TPSA) is 247 Å². The second kappa shape index (κ2) is 14.0. The van der Waals surface area contributed by atoms with E-state index in [1.807, 2.05) is 0 Å². The van der Waals surface area contributed by atoms with E-state index in [2.05, 4.69) is 10.6 Å². The Morgan fingerprint density at radius 1 is 0.718 bits per heavy atom. The fourth-order valence-electron chi connectivity index (χ4n) is 3.29. The van der Waals surface area contributed by atoms with E-state index in [0.29, 0.717) is 6.07 Å². The average molecular weight is 632 g/mol. The summed E-state index contributed by atoms with van der Waals surface area (Å²) in [5.41, 5.74) is 4.18. The summed E-state index contributed by atoms with van der Waals surface area (Å²) >= 11 is 0. The van der Waals surface area contributed by atoms with Crippen LogP contribution in [-0.4, -0.2) is 139 Å². The van der Waals surface area contributed by atoms with Crippen molar-refractivity contribution in [2.45, 2.75) is 21.6 Å². The standard InChI is InChI=1S/C19H17N3O11S3.3Na.3H/c1-9(23)21-15-5-4-12-14(7-11(34(25,26)27)8-17(12)36(31,32)33)18(15)22-19(24)13-3-2-10(20)6-16(13)35(28,29)30;;;;;;/h2-8H,20H2,1H3,(H,21,23)(H,22,24)(H,25,26,27)(H,28,29,30)(H,31,32,33);;;;;;. The first kappa shape index (κ1) is 38.4. The van der Waals surface area contributed by atoms with Crippen molar-refractivity contribution >= 4 is 159 Å². The number of amides is 2. The van der Waals surface area contributed by atoms with Gasteiger partial charge in [0.2, 0.25) is 5.91 Å². The van der Waals surface area contributed by atoms with Gasteiger partial charge in [-0.3, -0.25) is 23.2 Å². The molecule has 0 unspecified atom stereocenters. The van der Waals surface area contributed by atoms with Gasteiger partial charge in [-0.05, 0) is 36.4 Å². The molecule has 3 rings (SSSR count). The van der Waals surface area contributed by atoms with Gasteiger partial charge in [0.05, 0.1) is 21.8 Å². The van der Waals surface area contributed by atoms with Gasteiger partial charge in [0, 0.05) is 23.4 Å². The summed E-state index contributed by atoms with van der Waals surface area (Å²) in [6.45, 7) is 1.09. The van der Waals surface area contributed by atoms with Gasteiger partial charge in [-0.2, -0.15) is 25.3 Å². The third kappa shape index (κ3) is 9.19. The van der Waals surface area contributed by atoms with E-state index in [9.17, 15) is 48.5 Å². The number of hydrogen-bond acceptors (Lipinski definition) is 9. The number of hydrogen-bond donors (Lipinski definition) is 6. The van der Waals surface area contributed by atoms with E-state index in [1.165, 1.54) is 0 Å². The summed E-state index contributed by atoms with van der Waals surface area (Å²) in [5, 5.41) is 3.85. The van der Waals surface area contributed by atoms with Crippen LogP contribution in [0.5, 0.6) is 0 Å². The quantitative estimate of drug-likeness (QED) is 0.114. The second-order valence-corrected chi connectivity index (χ2v) is 11.5. The van der Waals surface area contributed by atoms with Crippen molar-refractivity contribution in [3.05, 3.63) is 48.0 Å². The number of fused-ring (bicyclic) bond motifs is 1. The minimum atomic E-state index is -5.08. The molecule has 2 amide bonds. The summed E-state index contributed by atoms with van der Waals surface area (Å²) < 4.78 is 99.6. The molecule has 0 aliphatic carbocycles. The van der Waals surface area contributed by atoms with Gasteiger partial charge >= 0.3 is 88.7 Å². The first-order chi connectivity index (χ1) is 16.4. The molecule has 7 N–H and O–H groups in total. The van der Waals surface area contributed by atoms with Crippen LogP contribution in [0.2, 0.25) is 0 Å². The van der Waals surface area contributed by atoms with Crippen LogP contribution in [0, 0.1) is 0 Å². The van der Waals surface area contributed by atoms with Crippen LogP contribution in [-0.2, 0) is 35.1 Å². The van der Waals surface area contributed by atoms with E-state index in [4.69, 9.17) is 5.73 Å². The summed E-state index contributed by atoms with van der Waals surface area (Å²) in [4.78, 5) is 22.0. The number of anilines is 3. The molecule has 0 aliphatic heterocycles. The molecular formula is C19H20N3Na3O11S3. The maximum absolute atomic E-state index is 13.1. The van der Waals surface area contributed by atoms with E-state index in [-0.39, 0.29) is 111 Å². The van der Waals surface area contributed by atoms with Gasteiger partial charge in [-0.25, -0.2) is 0 Å². The van der Waals surface area contributed by atoms with E-state index in [1.54, 1.807) is 0 Å². The van der Waals surface area contributed by atoms with Crippen molar-refractivity contribution in [2.24, 2.45) is 0 Å². The van der Waals surface area contributed by atoms with Gasteiger partial charge < -0.3 is 16.4 Å². The predicted molar refractivity (Wildman–Crippen MR) is 148 cm³/mol. The molecule has 0 saturated heterocycles. The summed E-state index contributed by atoms with van der Waals surface area (Å²) in [6.07, 6.45) is 0. The minimum absolute atomic E-state index is 0. The number of nitrogens with one attached hydrogen (secondary N) is 2. The van der Waals surface area contributed by atoms with Gasteiger partial charge in [-0.15, -0.1) is 0 Å². The molecule has 0 radical (unpaired) electrons. The van der Waals surface area contributed by atoms with Crippen LogP contribution in [0.4, 0.5) is 17.1 Å². The third-order valence-electron chi connectivity index (χ3n) is 4.72. The Bertz CT molecular complexity index is 1780. The van der Waals surface area contributed by atoms with Crippen LogP contribution in [0.25, 0.3) is 10.8 Å². The molecule has 198 valence electrons. The van der Waals surface area contributed by atoms with Crippen LogP contribution >= 0.6 is 0 Å². The Balaban J connectivity index is 0.00000481.